The summed E-state index contributed by atoms with van der Waals surface area (Å²) in [5.74, 6) is -0.731. The van der Waals surface area contributed by atoms with Crippen LogP contribution in [0.5, 0.6) is 0 Å². The molecule has 0 saturated carbocycles. The number of unbranched alkanes of at least 4 members (excludes halogenated alkanes) is 1. The smallest absolute Gasteiger partial charge is 0.291 e. The number of anilines is 1. The molecule has 0 spiro atoms. The Kier molecular flexibility index (Phi) is 6.88. The van der Waals surface area contributed by atoms with Gasteiger partial charge in [-0.3, -0.25) is 14.3 Å². The first-order chi connectivity index (χ1) is 17.5. The standard InChI is InChI=1S/C29H30FN5O/c1-21-17-27(30)29(36)35(20-21)25-9-7-24(8-10-25)34-15-13-33(14-16-34)12-4-3-5-22-19-32-28-11-6-23(31-2)18-26(22)28/h6-11,17-20,32H,3-5,12-16H2,1H3. The van der Waals surface area contributed by atoms with Crippen molar-refractivity contribution in [3.63, 3.8) is 0 Å². The van der Waals surface area contributed by atoms with Crippen molar-refractivity contribution in [2.75, 3.05) is 37.6 Å². The van der Waals surface area contributed by atoms with E-state index in [2.05, 4.69) is 25.8 Å². The number of nitrogens with one attached hydrogen (secondary N) is 1. The Morgan fingerprint density at radius 1 is 1.00 bits per heavy atom. The molecule has 1 aliphatic heterocycles. The minimum atomic E-state index is -0.731. The molecule has 3 heterocycles. The average molecular weight is 484 g/mol. The lowest BCUT2D eigenvalue weighted by molar-refractivity contribution is 0.253. The van der Waals surface area contributed by atoms with Gasteiger partial charge >= 0.3 is 0 Å². The van der Waals surface area contributed by atoms with Crippen molar-refractivity contribution in [2.45, 2.75) is 26.2 Å². The zero-order valence-electron chi connectivity index (χ0n) is 20.5. The monoisotopic (exact) mass is 483 g/mol. The summed E-state index contributed by atoms with van der Waals surface area (Å²) in [4.78, 5) is 23.9. The summed E-state index contributed by atoms with van der Waals surface area (Å²) in [6, 6.07) is 14.9. The predicted octanol–water partition coefficient (Wildman–Crippen LogP) is 5.46. The number of hydrogen-bond donors (Lipinski definition) is 1. The fraction of sp³-hybridized carbons (Fsp3) is 0.310. The number of aromatic amines is 1. The fourth-order valence-corrected chi connectivity index (χ4v) is 5.02. The molecule has 0 bridgehead atoms. The van der Waals surface area contributed by atoms with Crippen LogP contribution in [0.2, 0.25) is 0 Å². The molecule has 0 aliphatic carbocycles. The van der Waals surface area contributed by atoms with E-state index in [9.17, 15) is 9.18 Å². The molecule has 1 N–H and O–H groups in total. The number of nitrogens with zero attached hydrogens (tertiary/aromatic N) is 4. The van der Waals surface area contributed by atoms with Crippen molar-refractivity contribution in [3.05, 3.63) is 99.6 Å². The Hall–Kier alpha value is -3.89. The van der Waals surface area contributed by atoms with Crippen LogP contribution in [-0.2, 0) is 6.42 Å². The number of aromatic nitrogens is 2. The highest BCUT2D eigenvalue weighted by Gasteiger charge is 2.17. The van der Waals surface area contributed by atoms with Crippen LogP contribution in [-0.4, -0.2) is 47.2 Å². The maximum Gasteiger partial charge on any atom is 0.291 e. The van der Waals surface area contributed by atoms with Gasteiger partial charge < -0.3 is 9.88 Å². The number of piperazine rings is 1. The number of benzene rings is 2. The van der Waals surface area contributed by atoms with E-state index in [0.29, 0.717) is 16.9 Å². The Balaban J connectivity index is 1.10. The van der Waals surface area contributed by atoms with Gasteiger partial charge in [-0.05, 0) is 91.7 Å². The first-order valence-corrected chi connectivity index (χ1v) is 12.5. The van der Waals surface area contributed by atoms with Gasteiger partial charge in [0.05, 0.1) is 6.57 Å². The minimum Gasteiger partial charge on any atom is -0.369 e. The van der Waals surface area contributed by atoms with E-state index < -0.39 is 11.4 Å². The first kappa shape index (κ1) is 23.8. The number of pyridine rings is 1. The third-order valence-electron chi connectivity index (χ3n) is 7.03. The molecule has 1 fully saturated rings. The van der Waals surface area contributed by atoms with Gasteiger partial charge in [0.2, 0.25) is 0 Å². The van der Waals surface area contributed by atoms with Crippen molar-refractivity contribution in [2.24, 2.45) is 0 Å². The molecule has 1 saturated heterocycles. The molecule has 1 aliphatic rings. The molecule has 0 amide bonds. The number of halogens is 1. The van der Waals surface area contributed by atoms with Crippen molar-refractivity contribution in [1.29, 1.82) is 0 Å². The Morgan fingerprint density at radius 3 is 2.50 bits per heavy atom. The maximum absolute atomic E-state index is 13.8. The summed E-state index contributed by atoms with van der Waals surface area (Å²) in [7, 11) is 0. The summed E-state index contributed by atoms with van der Waals surface area (Å²) in [5.41, 5.74) is 4.96. The van der Waals surface area contributed by atoms with Crippen LogP contribution >= 0.6 is 0 Å². The van der Waals surface area contributed by atoms with Crippen molar-refractivity contribution >= 4 is 22.3 Å². The number of H-pyrrole nitrogens is 1. The van der Waals surface area contributed by atoms with Crippen LogP contribution in [0.3, 0.4) is 0 Å². The van der Waals surface area contributed by atoms with Gasteiger partial charge in [-0.15, -0.1) is 0 Å². The summed E-state index contributed by atoms with van der Waals surface area (Å²) in [5, 5.41) is 1.17. The van der Waals surface area contributed by atoms with Crippen LogP contribution in [0, 0.1) is 19.3 Å². The first-order valence-electron chi connectivity index (χ1n) is 12.5. The fourth-order valence-electron chi connectivity index (χ4n) is 5.02. The quantitative estimate of drug-likeness (QED) is 0.280. The minimum absolute atomic E-state index is 0.625. The summed E-state index contributed by atoms with van der Waals surface area (Å²) in [6.07, 6.45) is 7.03. The molecular formula is C29H30FN5O. The third kappa shape index (κ3) is 5.05. The predicted molar refractivity (Wildman–Crippen MR) is 143 cm³/mol. The molecule has 5 rings (SSSR count). The zero-order chi connectivity index (χ0) is 25.1. The van der Waals surface area contributed by atoms with Gasteiger partial charge in [-0.2, -0.15) is 0 Å². The lowest BCUT2D eigenvalue weighted by atomic mass is 10.1. The van der Waals surface area contributed by atoms with Gasteiger partial charge in [0.25, 0.3) is 5.56 Å². The van der Waals surface area contributed by atoms with Gasteiger partial charge in [-0.1, -0.05) is 6.07 Å². The van der Waals surface area contributed by atoms with Crippen LogP contribution < -0.4 is 10.5 Å². The van der Waals surface area contributed by atoms with Crippen LogP contribution in [0.15, 0.2) is 65.7 Å². The second kappa shape index (κ2) is 10.4. The van der Waals surface area contributed by atoms with E-state index in [1.165, 1.54) is 21.6 Å². The van der Waals surface area contributed by atoms with Crippen LogP contribution in [0.4, 0.5) is 15.8 Å². The molecule has 6 nitrogen and oxygen atoms in total. The highest BCUT2D eigenvalue weighted by molar-refractivity contribution is 5.86. The van der Waals surface area contributed by atoms with E-state index in [1.54, 1.807) is 13.1 Å². The zero-order valence-corrected chi connectivity index (χ0v) is 20.5. The lowest BCUT2D eigenvalue weighted by Crippen LogP contribution is -2.46. The van der Waals surface area contributed by atoms with E-state index in [4.69, 9.17) is 6.57 Å². The number of rotatable bonds is 7. The maximum atomic E-state index is 13.8. The van der Waals surface area contributed by atoms with E-state index >= 15 is 0 Å². The normalized spacial score (nSPS) is 14.3. The van der Waals surface area contributed by atoms with Crippen molar-refractivity contribution in [1.82, 2.24) is 14.5 Å². The highest BCUT2D eigenvalue weighted by Crippen LogP contribution is 2.25. The Bertz CT molecular complexity index is 1460. The van der Waals surface area contributed by atoms with Gasteiger partial charge in [0.15, 0.2) is 11.5 Å². The second-order valence-electron chi connectivity index (χ2n) is 9.50. The topological polar surface area (TPSA) is 48.6 Å². The molecule has 7 heteroatoms. The van der Waals surface area contributed by atoms with E-state index in [0.717, 1.165) is 63.2 Å². The van der Waals surface area contributed by atoms with Gasteiger partial charge in [0, 0.05) is 55.5 Å². The molecule has 4 aromatic rings. The molecular weight excluding hydrogens is 453 g/mol. The Labute approximate surface area is 210 Å². The van der Waals surface area contributed by atoms with E-state index in [-0.39, 0.29) is 0 Å². The van der Waals surface area contributed by atoms with Gasteiger partial charge in [-0.25, -0.2) is 9.24 Å². The molecule has 184 valence electrons. The largest absolute Gasteiger partial charge is 0.369 e. The molecule has 2 aromatic carbocycles. The molecule has 0 unspecified atom stereocenters. The molecule has 0 atom stereocenters. The average Bonchev–Trinajstić information content (AvgIpc) is 3.31. The van der Waals surface area contributed by atoms with E-state index in [1.807, 2.05) is 42.5 Å². The number of fused-ring (bicyclic) bond motifs is 1. The second-order valence-corrected chi connectivity index (χ2v) is 9.50. The van der Waals surface area contributed by atoms with Crippen molar-refractivity contribution in [3.8, 4) is 5.69 Å². The molecule has 2 aromatic heterocycles. The number of hydrogen-bond acceptors (Lipinski definition) is 3. The molecule has 0 radical (unpaired) electrons. The van der Waals surface area contributed by atoms with Crippen LogP contribution in [0.25, 0.3) is 21.4 Å². The summed E-state index contributed by atoms with van der Waals surface area (Å²) in [6.45, 7) is 14.1. The SMILES string of the molecule is [C-]#[N+]c1ccc2[nH]cc(CCCCN3CCN(c4ccc(-n5cc(C)cc(F)c5=O)cc4)CC3)c2c1. The number of aryl methyl sites for hydroxylation is 2. The van der Waals surface area contributed by atoms with Crippen molar-refractivity contribution < 1.29 is 4.39 Å². The van der Waals surface area contributed by atoms with Crippen LogP contribution in [0.1, 0.15) is 24.0 Å². The Morgan fingerprint density at radius 2 is 1.75 bits per heavy atom. The molecule has 36 heavy (non-hydrogen) atoms. The summed E-state index contributed by atoms with van der Waals surface area (Å²) < 4.78 is 15.2. The third-order valence-corrected chi connectivity index (χ3v) is 7.03. The lowest BCUT2D eigenvalue weighted by Gasteiger charge is -2.36. The highest BCUT2D eigenvalue weighted by atomic mass is 19.1. The summed E-state index contributed by atoms with van der Waals surface area (Å²) >= 11 is 0. The van der Waals surface area contributed by atoms with Gasteiger partial charge in [0.1, 0.15) is 0 Å².